The Labute approximate surface area is 89.4 Å². The second kappa shape index (κ2) is 3.85. The molecule has 1 atom stereocenters. The maximum atomic E-state index is 11.7. The first-order chi connectivity index (χ1) is 7.22. The number of nitrogens with zero attached hydrogens (tertiary/aromatic N) is 2. The number of hydrogen-bond donors (Lipinski definition) is 0. The lowest BCUT2D eigenvalue weighted by Crippen LogP contribution is -2.26. The van der Waals surface area contributed by atoms with Crippen molar-refractivity contribution in [1.29, 1.82) is 0 Å². The fourth-order valence-corrected chi connectivity index (χ4v) is 1.86. The zero-order chi connectivity index (χ0) is 10.8. The van der Waals surface area contributed by atoms with Gasteiger partial charge in [-0.3, -0.25) is 9.69 Å². The van der Waals surface area contributed by atoms with Gasteiger partial charge in [-0.25, -0.2) is 4.98 Å². The second-order valence-electron chi connectivity index (χ2n) is 3.85. The van der Waals surface area contributed by atoms with Crippen LogP contribution in [-0.2, 0) is 4.79 Å². The molecule has 3 nitrogen and oxygen atoms in total. The summed E-state index contributed by atoms with van der Waals surface area (Å²) in [6, 6.07) is 3.85. The third-order valence-corrected chi connectivity index (χ3v) is 2.73. The number of rotatable bonds is 2. The molecule has 0 bridgehead atoms. The molecule has 1 aromatic heterocycles. The van der Waals surface area contributed by atoms with Gasteiger partial charge < -0.3 is 0 Å². The Balaban J connectivity index is 2.29. The molecule has 0 aliphatic carbocycles. The van der Waals surface area contributed by atoms with Crippen LogP contribution in [0.2, 0.25) is 0 Å². The van der Waals surface area contributed by atoms with Crippen LogP contribution in [0.5, 0.6) is 0 Å². The van der Waals surface area contributed by atoms with Gasteiger partial charge in [0, 0.05) is 25.1 Å². The maximum Gasteiger partial charge on any atom is 0.228 e. The lowest BCUT2D eigenvalue weighted by Gasteiger charge is -2.16. The van der Waals surface area contributed by atoms with E-state index in [-0.39, 0.29) is 11.8 Å². The molecule has 1 aliphatic rings. The van der Waals surface area contributed by atoms with E-state index in [0.717, 1.165) is 11.4 Å². The van der Waals surface area contributed by atoms with E-state index in [1.54, 1.807) is 11.1 Å². The van der Waals surface area contributed by atoms with Gasteiger partial charge in [0.05, 0.1) is 0 Å². The van der Waals surface area contributed by atoms with Gasteiger partial charge in [-0.1, -0.05) is 12.1 Å². The van der Waals surface area contributed by atoms with Crippen molar-refractivity contribution in [2.75, 3.05) is 11.4 Å². The topological polar surface area (TPSA) is 33.2 Å². The SMILES string of the molecule is C=CC1CC(=O)N(c2ncccc2C)C1. The van der Waals surface area contributed by atoms with E-state index in [1.165, 1.54) is 0 Å². The highest BCUT2D eigenvalue weighted by molar-refractivity contribution is 5.95. The summed E-state index contributed by atoms with van der Waals surface area (Å²) in [5, 5.41) is 0. The van der Waals surface area contributed by atoms with Crippen LogP contribution in [0, 0.1) is 12.8 Å². The molecule has 15 heavy (non-hydrogen) atoms. The molecule has 3 heteroatoms. The predicted molar refractivity (Wildman–Crippen MR) is 59.6 cm³/mol. The van der Waals surface area contributed by atoms with Crippen molar-refractivity contribution in [3.63, 3.8) is 0 Å². The van der Waals surface area contributed by atoms with Crippen LogP contribution in [0.15, 0.2) is 31.0 Å². The number of carbonyl (C=O) groups is 1. The lowest BCUT2D eigenvalue weighted by molar-refractivity contribution is -0.117. The minimum Gasteiger partial charge on any atom is -0.296 e. The van der Waals surface area contributed by atoms with E-state index in [0.29, 0.717) is 13.0 Å². The molecular weight excluding hydrogens is 188 g/mol. The summed E-state index contributed by atoms with van der Waals surface area (Å²) >= 11 is 0. The van der Waals surface area contributed by atoms with E-state index in [1.807, 2.05) is 25.1 Å². The minimum absolute atomic E-state index is 0.140. The number of pyridine rings is 1. The Morgan fingerprint density at radius 3 is 3.07 bits per heavy atom. The third-order valence-electron chi connectivity index (χ3n) is 2.73. The summed E-state index contributed by atoms with van der Waals surface area (Å²) in [6.45, 7) is 6.41. The van der Waals surface area contributed by atoms with Crippen molar-refractivity contribution in [2.24, 2.45) is 5.92 Å². The van der Waals surface area contributed by atoms with E-state index >= 15 is 0 Å². The molecule has 1 amide bonds. The van der Waals surface area contributed by atoms with Crippen LogP contribution >= 0.6 is 0 Å². The molecule has 1 aliphatic heterocycles. The highest BCUT2D eigenvalue weighted by Crippen LogP contribution is 2.25. The Morgan fingerprint density at radius 1 is 1.67 bits per heavy atom. The van der Waals surface area contributed by atoms with Crippen LogP contribution in [0.1, 0.15) is 12.0 Å². The van der Waals surface area contributed by atoms with Crippen molar-refractivity contribution in [1.82, 2.24) is 4.98 Å². The molecule has 1 fully saturated rings. The monoisotopic (exact) mass is 202 g/mol. The van der Waals surface area contributed by atoms with E-state index in [2.05, 4.69) is 11.6 Å². The summed E-state index contributed by atoms with van der Waals surface area (Å²) < 4.78 is 0. The fourth-order valence-electron chi connectivity index (χ4n) is 1.86. The van der Waals surface area contributed by atoms with Crippen LogP contribution < -0.4 is 4.90 Å². The van der Waals surface area contributed by atoms with Crippen LogP contribution in [-0.4, -0.2) is 17.4 Å². The smallest absolute Gasteiger partial charge is 0.228 e. The summed E-state index contributed by atoms with van der Waals surface area (Å²) in [5.41, 5.74) is 1.04. The van der Waals surface area contributed by atoms with Crippen molar-refractivity contribution in [2.45, 2.75) is 13.3 Å². The maximum absolute atomic E-state index is 11.7. The Hall–Kier alpha value is -1.64. The predicted octanol–water partition coefficient (Wildman–Crippen LogP) is 1.93. The molecule has 2 rings (SSSR count). The molecule has 0 N–H and O–H groups in total. The van der Waals surface area contributed by atoms with Crippen molar-refractivity contribution >= 4 is 11.7 Å². The first-order valence-electron chi connectivity index (χ1n) is 5.07. The third kappa shape index (κ3) is 1.77. The molecule has 78 valence electrons. The van der Waals surface area contributed by atoms with Gasteiger partial charge in [-0.05, 0) is 18.6 Å². The van der Waals surface area contributed by atoms with Gasteiger partial charge in [-0.15, -0.1) is 6.58 Å². The number of aryl methyl sites for hydroxylation is 1. The molecule has 1 saturated heterocycles. The quantitative estimate of drug-likeness (QED) is 0.686. The second-order valence-corrected chi connectivity index (χ2v) is 3.85. The van der Waals surface area contributed by atoms with Crippen molar-refractivity contribution < 1.29 is 4.79 Å². The standard InChI is InChI=1S/C12H14N2O/c1-3-10-7-11(15)14(8-10)12-9(2)5-4-6-13-12/h3-6,10H,1,7-8H2,2H3. The molecule has 0 saturated carbocycles. The van der Waals surface area contributed by atoms with Gasteiger partial charge in [0.25, 0.3) is 0 Å². The summed E-state index contributed by atoms with van der Waals surface area (Å²) in [7, 11) is 0. The summed E-state index contributed by atoms with van der Waals surface area (Å²) in [5.74, 6) is 1.19. The van der Waals surface area contributed by atoms with E-state index < -0.39 is 0 Å². The Kier molecular flexibility index (Phi) is 2.54. The average molecular weight is 202 g/mol. The van der Waals surface area contributed by atoms with Crippen LogP contribution in [0.25, 0.3) is 0 Å². The van der Waals surface area contributed by atoms with Gasteiger partial charge in [-0.2, -0.15) is 0 Å². The van der Waals surface area contributed by atoms with Gasteiger partial charge in [0.1, 0.15) is 5.82 Å². The number of amides is 1. The molecule has 2 heterocycles. The zero-order valence-corrected chi connectivity index (χ0v) is 8.81. The first-order valence-corrected chi connectivity index (χ1v) is 5.07. The first kappa shape index (κ1) is 9.90. The highest BCUT2D eigenvalue weighted by Gasteiger charge is 2.29. The van der Waals surface area contributed by atoms with Gasteiger partial charge >= 0.3 is 0 Å². The number of aromatic nitrogens is 1. The molecule has 1 unspecified atom stereocenters. The highest BCUT2D eigenvalue weighted by atomic mass is 16.2. The Bertz CT molecular complexity index is 400. The molecule has 0 radical (unpaired) electrons. The number of anilines is 1. The van der Waals surface area contributed by atoms with Crippen molar-refractivity contribution in [3.05, 3.63) is 36.5 Å². The largest absolute Gasteiger partial charge is 0.296 e. The van der Waals surface area contributed by atoms with Crippen molar-refractivity contribution in [3.8, 4) is 0 Å². The minimum atomic E-state index is 0.140. The summed E-state index contributed by atoms with van der Waals surface area (Å²) in [6.07, 6.45) is 4.12. The average Bonchev–Trinajstić information content (AvgIpc) is 2.60. The van der Waals surface area contributed by atoms with Crippen LogP contribution in [0.4, 0.5) is 5.82 Å². The van der Waals surface area contributed by atoms with E-state index in [9.17, 15) is 4.79 Å². The molecular formula is C12H14N2O. The normalized spacial score (nSPS) is 20.7. The van der Waals surface area contributed by atoms with E-state index in [4.69, 9.17) is 0 Å². The molecule has 0 aromatic carbocycles. The lowest BCUT2D eigenvalue weighted by atomic mass is 10.1. The fraction of sp³-hybridized carbons (Fsp3) is 0.333. The number of hydrogen-bond acceptors (Lipinski definition) is 2. The zero-order valence-electron chi connectivity index (χ0n) is 8.81. The Morgan fingerprint density at radius 2 is 2.47 bits per heavy atom. The summed E-state index contributed by atoms with van der Waals surface area (Å²) in [4.78, 5) is 17.7. The molecule has 1 aromatic rings. The van der Waals surface area contributed by atoms with Gasteiger partial charge in [0.2, 0.25) is 5.91 Å². The van der Waals surface area contributed by atoms with Gasteiger partial charge in [0.15, 0.2) is 0 Å². The molecule has 0 spiro atoms. The number of carbonyl (C=O) groups excluding carboxylic acids is 1. The van der Waals surface area contributed by atoms with Crippen LogP contribution in [0.3, 0.4) is 0 Å².